The summed E-state index contributed by atoms with van der Waals surface area (Å²) in [5.41, 5.74) is 1.64. The number of nitrogens with one attached hydrogen (secondary N) is 1. The Hall–Kier alpha value is -2.70. The van der Waals surface area contributed by atoms with E-state index in [9.17, 15) is 4.39 Å². The van der Waals surface area contributed by atoms with Crippen LogP contribution in [0.3, 0.4) is 0 Å². The molecule has 0 radical (unpaired) electrons. The third-order valence-electron chi connectivity index (χ3n) is 3.42. The van der Waals surface area contributed by atoms with Gasteiger partial charge < -0.3 is 10.1 Å². The molecule has 6 nitrogen and oxygen atoms in total. The molecule has 3 rings (SSSR count). The topological polar surface area (TPSA) is 64.3 Å². The summed E-state index contributed by atoms with van der Waals surface area (Å²) < 4.78 is 20.4. The second-order valence-corrected chi connectivity index (χ2v) is 5.01. The van der Waals surface area contributed by atoms with Crippen molar-refractivity contribution in [3.8, 4) is 5.75 Å². The summed E-state index contributed by atoms with van der Waals surface area (Å²) in [6.07, 6.45) is 1.45. The van der Waals surface area contributed by atoms with E-state index in [0.717, 1.165) is 17.1 Å². The zero-order chi connectivity index (χ0) is 15.7. The Kier molecular flexibility index (Phi) is 3.62. The highest BCUT2D eigenvalue weighted by atomic mass is 19.1. The molecule has 2 aromatic heterocycles. The van der Waals surface area contributed by atoms with Gasteiger partial charge in [0.1, 0.15) is 12.1 Å². The number of hydrogen-bond acceptors (Lipinski definition) is 5. The molecule has 7 heteroatoms. The highest BCUT2D eigenvalue weighted by Crippen LogP contribution is 2.24. The van der Waals surface area contributed by atoms with Crippen LogP contribution in [0.4, 0.5) is 10.2 Å². The van der Waals surface area contributed by atoms with E-state index in [1.54, 1.807) is 10.6 Å². The number of anilines is 1. The molecule has 1 atom stereocenters. The van der Waals surface area contributed by atoms with Gasteiger partial charge >= 0.3 is 0 Å². The number of fused-ring (bicyclic) bond motifs is 1. The van der Waals surface area contributed by atoms with Crippen molar-refractivity contribution in [2.24, 2.45) is 0 Å². The minimum atomic E-state index is -0.384. The average Bonchev–Trinajstić information content (AvgIpc) is 2.95. The van der Waals surface area contributed by atoms with Crippen LogP contribution in [-0.2, 0) is 0 Å². The summed E-state index contributed by atoms with van der Waals surface area (Å²) in [7, 11) is 1.45. The second-order valence-electron chi connectivity index (χ2n) is 5.01. The molecule has 2 heterocycles. The lowest BCUT2D eigenvalue weighted by molar-refractivity contribution is 0.386. The molecule has 0 saturated carbocycles. The first-order valence-electron chi connectivity index (χ1n) is 6.86. The Morgan fingerprint density at radius 1 is 1.32 bits per heavy atom. The number of benzene rings is 1. The lowest BCUT2D eigenvalue weighted by Gasteiger charge is -2.17. The van der Waals surface area contributed by atoms with Crippen LogP contribution in [-0.4, -0.2) is 26.7 Å². The minimum Gasteiger partial charge on any atom is -0.494 e. The van der Waals surface area contributed by atoms with Gasteiger partial charge in [-0.2, -0.15) is 14.6 Å². The highest BCUT2D eigenvalue weighted by molar-refractivity contribution is 5.46. The largest absolute Gasteiger partial charge is 0.494 e. The maximum absolute atomic E-state index is 13.8. The zero-order valence-electron chi connectivity index (χ0n) is 12.5. The SMILES string of the molecule is COc1ccc([C@H](C)Nc2cc(C)nc3ncnn23)cc1F. The number of halogens is 1. The third-order valence-corrected chi connectivity index (χ3v) is 3.42. The fraction of sp³-hybridized carbons (Fsp3) is 0.267. The summed E-state index contributed by atoms with van der Waals surface area (Å²) in [4.78, 5) is 8.37. The van der Waals surface area contributed by atoms with Crippen molar-refractivity contribution in [1.82, 2.24) is 19.6 Å². The Morgan fingerprint density at radius 2 is 2.14 bits per heavy atom. The molecule has 0 fully saturated rings. The van der Waals surface area contributed by atoms with E-state index >= 15 is 0 Å². The van der Waals surface area contributed by atoms with Gasteiger partial charge in [0.05, 0.1) is 13.2 Å². The van der Waals surface area contributed by atoms with Crippen LogP contribution in [0.1, 0.15) is 24.2 Å². The van der Waals surface area contributed by atoms with E-state index in [-0.39, 0.29) is 17.6 Å². The summed E-state index contributed by atoms with van der Waals surface area (Å²) in [5.74, 6) is 1.12. The molecule has 1 N–H and O–H groups in total. The van der Waals surface area contributed by atoms with Crippen molar-refractivity contribution in [2.45, 2.75) is 19.9 Å². The standard InChI is InChI=1S/C15H16FN5O/c1-9-6-14(21-15(19-9)17-8-18-21)20-10(2)11-4-5-13(22-3)12(16)7-11/h4-8,10,20H,1-3H3/t10-/m0/s1. The molecule has 1 aromatic carbocycles. The van der Waals surface area contributed by atoms with Crippen molar-refractivity contribution >= 4 is 11.6 Å². The zero-order valence-corrected chi connectivity index (χ0v) is 12.5. The number of ether oxygens (including phenoxy) is 1. The summed E-state index contributed by atoms with van der Waals surface area (Å²) in [6, 6.07) is 6.66. The van der Waals surface area contributed by atoms with Gasteiger partial charge in [-0.15, -0.1) is 0 Å². The number of hydrogen-bond donors (Lipinski definition) is 1. The summed E-state index contributed by atoms with van der Waals surface area (Å²) in [6.45, 7) is 3.83. The monoisotopic (exact) mass is 301 g/mol. The Bertz CT molecular complexity index is 817. The highest BCUT2D eigenvalue weighted by Gasteiger charge is 2.12. The average molecular weight is 301 g/mol. The first kappa shape index (κ1) is 14.2. The number of nitrogens with zero attached hydrogens (tertiary/aromatic N) is 4. The van der Waals surface area contributed by atoms with E-state index in [4.69, 9.17) is 4.74 Å². The van der Waals surface area contributed by atoms with E-state index < -0.39 is 0 Å². The van der Waals surface area contributed by atoms with Crippen LogP contribution in [0.15, 0.2) is 30.6 Å². The fourth-order valence-electron chi connectivity index (χ4n) is 2.29. The molecular weight excluding hydrogens is 285 g/mol. The lowest BCUT2D eigenvalue weighted by Crippen LogP contribution is -2.11. The lowest BCUT2D eigenvalue weighted by atomic mass is 10.1. The molecule has 114 valence electrons. The Morgan fingerprint density at radius 3 is 2.86 bits per heavy atom. The van der Waals surface area contributed by atoms with E-state index in [1.807, 2.05) is 26.0 Å². The molecule has 0 aliphatic heterocycles. The minimum absolute atomic E-state index is 0.116. The van der Waals surface area contributed by atoms with Gasteiger partial charge in [0.2, 0.25) is 0 Å². The Balaban J connectivity index is 1.91. The third kappa shape index (κ3) is 2.57. The number of methoxy groups -OCH3 is 1. The van der Waals surface area contributed by atoms with Crippen LogP contribution >= 0.6 is 0 Å². The van der Waals surface area contributed by atoms with Gasteiger partial charge in [0, 0.05) is 11.8 Å². The first-order valence-corrected chi connectivity index (χ1v) is 6.86. The maximum Gasteiger partial charge on any atom is 0.254 e. The predicted octanol–water partition coefficient (Wildman–Crippen LogP) is 2.75. The van der Waals surface area contributed by atoms with E-state index in [2.05, 4.69) is 20.4 Å². The molecule has 0 amide bonds. The van der Waals surface area contributed by atoms with Crippen LogP contribution < -0.4 is 10.1 Å². The molecule has 0 saturated heterocycles. The van der Waals surface area contributed by atoms with Crippen molar-refractivity contribution in [2.75, 3.05) is 12.4 Å². The first-order chi connectivity index (χ1) is 10.6. The van der Waals surface area contributed by atoms with Crippen molar-refractivity contribution < 1.29 is 9.13 Å². The molecule has 0 aliphatic rings. The quantitative estimate of drug-likeness (QED) is 0.802. The van der Waals surface area contributed by atoms with Crippen LogP contribution in [0.5, 0.6) is 5.75 Å². The molecule has 0 spiro atoms. The van der Waals surface area contributed by atoms with Gasteiger partial charge in [0.15, 0.2) is 11.6 Å². The maximum atomic E-state index is 13.8. The van der Waals surface area contributed by atoms with Gasteiger partial charge in [-0.25, -0.2) is 9.37 Å². The number of aryl methyl sites for hydroxylation is 1. The van der Waals surface area contributed by atoms with Crippen LogP contribution in [0, 0.1) is 12.7 Å². The number of rotatable bonds is 4. The second kappa shape index (κ2) is 5.59. The van der Waals surface area contributed by atoms with Crippen molar-refractivity contribution in [3.63, 3.8) is 0 Å². The van der Waals surface area contributed by atoms with Gasteiger partial charge in [-0.05, 0) is 31.5 Å². The smallest absolute Gasteiger partial charge is 0.254 e. The van der Waals surface area contributed by atoms with Crippen molar-refractivity contribution in [3.05, 3.63) is 47.7 Å². The van der Waals surface area contributed by atoms with Gasteiger partial charge in [0.25, 0.3) is 5.78 Å². The van der Waals surface area contributed by atoms with Crippen LogP contribution in [0.25, 0.3) is 5.78 Å². The van der Waals surface area contributed by atoms with E-state index in [0.29, 0.717) is 5.78 Å². The van der Waals surface area contributed by atoms with Gasteiger partial charge in [-0.3, -0.25) is 0 Å². The Labute approximate surface area is 127 Å². The molecule has 0 unspecified atom stereocenters. The van der Waals surface area contributed by atoms with Gasteiger partial charge in [-0.1, -0.05) is 6.07 Å². The molecule has 0 aliphatic carbocycles. The predicted molar refractivity (Wildman–Crippen MR) is 80.5 cm³/mol. The summed E-state index contributed by atoms with van der Waals surface area (Å²) in [5, 5.41) is 7.44. The molecule has 3 aromatic rings. The molecule has 22 heavy (non-hydrogen) atoms. The van der Waals surface area contributed by atoms with Crippen molar-refractivity contribution in [1.29, 1.82) is 0 Å². The summed E-state index contributed by atoms with van der Waals surface area (Å²) >= 11 is 0. The molecular formula is C15H16FN5O. The van der Waals surface area contributed by atoms with Crippen LogP contribution in [0.2, 0.25) is 0 Å². The molecule has 0 bridgehead atoms. The number of aromatic nitrogens is 4. The normalized spacial score (nSPS) is 12.4. The fourth-order valence-corrected chi connectivity index (χ4v) is 2.29. The van der Waals surface area contributed by atoms with E-state index in [1.165, 1.54) is 19.5 Å².